The van der Waals surface area contributed by atoms with Crippen molar-refractivity contribution in [3.8, 4) is 0 Å². The first kappa shape index (κ1) is 11.5. The van der Waals surface area contributed by atoms with Gasteiger partial charge < -0.3 is 4.57 Å². The molecule has 0 bridgehead atoms. The van der Waals surface area contributed by atoms with Gasteiger partial charge in [-0.1, -0.05) is 23.7 Å². The Labute approximate surface area is 112 Å². The minimum Gasteiger partial charge on any atom is -0.345 e. The average Bonchev–Trinajstić information content (AvgIpc) is 2.87. The van der Waals surface area contributed by atoms with Crippen molar-refractivity contribution in [2.45, 2.75) is 19.4 Å². The first-order chi connectivity index (χ1) is 8.83. The van der Waals surface area contributed by atoms with Crippen LogP contribution in [0.4, 0.5) is 0 Å². The van der Waals surface area contributed by atoms with E-state index in [0.29, 0.717) is 0 Å². The van der Waals surface area contributed by atoms with Crippen LogP contribution in [-0.2, 0) is 13.0 Å². The predicted octanol–water partition coefficient (Wildman–Crippen LogP) is 3.58. The minimum absolute atomic E-state index is 0.794. The second-order valence-corrected chi connectivity index (χ2v) is 4.98. The fourth-order valence-electron chi connectivity index (χ4n) is 2.37. The van der Waals surface area contributed by atoms with E-state index in [2.05, 4.69) is 40.0 Å². The lowest BCUT2D eigenvalue weighted by Gasteiger charge is -2.16. The number of aromatic nitrogens is 1. The highest BCUT2D eigenvalue weighted by Gasteiger charge is 2.12. The van der Waals surface area contributed by atoms with Crippen LogP contribution in [-0.4, -0.2) is 16.8 Å². The largest absolute Gasteiger partial charge is 0.345 e. The zero-order valence-electron chi connectivity index (χ0n) is 10.1. The van der Waals surface area contributed by atoms with E-state index in [1.54, 1.807) is 0 Å². The molecule has 18 heavy (non-hydrogen) atoms. The Bertz CT molecular complexity index is 566. The smallest absolute Gasteiger partial charge is 0.0621 e. The molecule has 0 saturated heterocycles. The molecule has 2 nitrogen and oxygen atoms in total. The summed E-state index contributed by atoms with van der Waals surface area (Å²) in [4.78, 5) is 4.65. The normalized spacial score (nSPS) is 14.2. The number of halogens is 1. The van der Waals surface area contributed by atoms with E-state index in [1.165, 1.54) is 17.0 Å². The lowest BCUT2D eigenvalue weighted by Crippen LogP contribution is -2.18. The van der Waals surface area contributed by atoms with Crippen molar-refractivity contribution >= 4 is 17.3 Å². The van der Waals surface area contributed by atoms with E-state index in [9.17, 15) is 0 Å². The van der Waals surface area contributed by atoms with E-state index in [1.807, 2.05) is 12.1 Å². The monoisotopic (exact) mass is 258 g/mol. The summed E-state index contributed by atoms with van der Waals surface area (Å²) in [6.45, 7) is 1.91. The summed E-state index contributed by atoms with van der Waals surface area (Å²) in [5.41, 5.74) is 3.81. The van der Waals surface area contributed by atoms with Gasteiger partial charge in [0.2, 0.25) is 0 Å². The first-order valence-corrected chi connectivity index (χ1v) is 6.64. The molecule has 92 valence electrons. The molecule has 0 atom stereocenters. The van der Waals surface area contributed by atoms with E-state index < -0.39 is 0 Å². The maximum absolute atomic E-state index is 5.89. The van der Waals surface area contributed by atoms with Crippen LogP contribution in [0, 0.1) is 0 Å². The fraction of sp³-hybridized carbons (Fsp3) is 0.267. The molecule has 0 N–H and O–H groups in total. The van der Waals surface area contributed by atoms with Crippen LogP contribution >= 0.6 is 11.6 Å². The first-order valence-electron chi connectivity index (χ1n) is 6.26. The molecule has 0 unspecified atom stereocenters. The summed E-state index contributed by atoms with van der Waals surface area (Å²) in [6, 6.07) is 12.3. The molecule has 0 radical (unpaired) electrons. The summed E-state index contributed by atoms with van der Waals surface area (Å²) in [7, 11) is 0. The lowest BCUT2D eigenvalue weighted by molar-refractivity contribution is 0.684. The number of rotatable bonds is 3. The van der Waals surface area contributed by atoms with Crippen molar-refractivity contribution in [3.05, 3.63) is 58.9 Å². The average molecular weight is 259 g/mol. The molecule has 0 amide bonds. The van der Waals surface area contributed by atoms with Gasteiger partial charge in [0.1, 0.15) is 0 Å². The Morgan fingerprint density at radius 2 is 1.94 bits per heavy atom. The number of aliphatic imine (C=N–C) groups is 1. The Morgan fingerprint density at radius 1 is 1.11 bits per heavy atom. The van der Waals surface area contributed by atoms with Gasteiger partial charge in [-0.15, -0.1) is 0 Å². The fourth-order valence-corrected chi connectivity index (χ4v) is 2.49. The summed E-state index contributed by atoms with van der Waals surface area (Å²) in [6.07, 6.45) is 4.14. The number of hydrogen-bond donors (Lipinski definition) is 0. The SMILES string of the molecule is Clc1ccc(CCC2=NCCn3cccc32)cc1. The molecule has 1 aromatic heterocycles. The highest BCUT2D eigenvalue weighted by molar-refractivity contribution is 6.30. The van der Waals surface area contributed by atoms with Crippen LogP contribution in [0.2, 0.25) is 5.02 Å². The Balaban J connectivity index is 1.71. The van der Waals surface area contributed by atoms with Crippen LogP contribution in [0.15, 0.2) is 47.6 Å². The predicted molar refractivity (Wildman–Crippen MR) is 75.6 cm³/mol. The number of aryl methyl sites for hydroxylation is 1. The topological polar surface area (TPSA) is 17.3 Å². The highest BCUT2D eigenvalue weighted by atomic mass is 35.5. The molecular weight excluding hydrogens is 244 g/mol. The Morgan fingerprint density at radius 3 is 2.78 bits per heavy atom. The quantitative estimate of drug-likeness (QED) is 0.801. The molecular formula is C15H15ClN2. The van der Waals surface area contributed by atoms with Gasteiger partial charge in [0, 0.05) is 17.8 Å². The second kappa shape index (κ2) is 4.99. The molecule has 2 aromatic rings. The standard InChI is InChI=1S/C15H15ClN2/c16-13-6-3-12(4-7-13)5-8-14-15-2-1-10-18(15)11-9-17-14/h1-4,6-7,10H,5,8-9,11H2. The molecule has 0 saturated carbocycles. The molecule has 2 heterocycles. The zero-order chi connectivity index (χ0) is 12.4. The van der Waals surface area contributed by atoms with Crippen LogP contribution in [0.5, 0.6) is 0 Å². The number of hydrogen-bond acceptors (Lipinski definition) is 1. The van der Waals surface area contributed by atoms with Crippen LogP contribution in [0.25, 0.3) is 0 Å². The van der Waals surface area contributed by atoms with Gasteiger partial charge in [-0.25, -0.2) is 0 Å². The van der Waals surface area contributed by atoms with Crippen molar-refractivity contribution in [3.63, 3.8) is 0 Å². The maximum Gasteiger partial charge on any atom is 0.0621 e. The van der Waals surface area contributed by atoms with Crippen molar-refractivity contribution < 1.29 is 0 Å². The van der Waals surface area contributed by atoms with Crippen LogP contribution < -0.4 is 0 Å². The van der Waals surface area contributed by atoms with Gasteiger partial charge in [0.05, 0.1) is 18.0 Å². The third-order valence-corrected chi connectivity index (χ3v) is 3.58. The summed E-state index contributed by atoms with van der Waals surface area (Å²) >= 11 is 5.89. The van der Waals surface area contributed by atoms with Crippen molar-refractivity contribution in [2.75, 3.05) is 6.54 Å². The Hall–Kier alpha value is -1.54. The molecule has 0 spiro atoms. The van der Waals surface area contributed by atoms with Crippen molar-refractivity contribution in [1.29, 1.82) is 0 Å². The molecule has 1 aromatic carbocycles. The molecule has 3 heteroatoms. The van der Waals surface area contributed by atoms with Crippen molar-refractivity contribution in [2.24, 2.45) is 4.99 Å². The van der Waals surface area contributed by atoms with Crippen LogP contribution in [0.3, 0.4) is 0 Å². The highest BCUT2D eigenvalue weighted by Crippen LogP contribution is 2.15. The van der Waals surface area contributed by atoms with Gasteiger partial charge in [0.25, 0.3) is 0 Å². The zero-order valence-corrected chi connectivity index (χ0v) is 10.9. The molecule has 1 aliphatic rings. The molecule has 0 aliphatic carbocycles. The minimum atomic E-state index is 0.794. The summed E-state index contributed by atoms with van der Waals surface area (Å²) in [5, 5.41) is 0.794. The molecule has 1 aliphatic heterocycles. The summed E-state index contributed by atoms with van der Waals surface area (Å²) < 4.78 is 2.28. The van der Waals surface area contributed by atoms with Crippen LogP contribution in [0.1, 0.15) is 17.7 Å². The van der Waals surface area contributed by atoms with E-state index in [0.717, 1.165) is 31.0 Å². The summed E-state index contributed by atoms with van der Waals surface area (Å²) in [5.74, 6) is 0. The van der Waals surface area contributed by atoms with Gasteiger partial charge >= 0.3 is 0 Å². The van der Waals surface area contributed by atoms with E-state index in [-0.39, 0.29) is 0 Å². The second-order valence-electron chi connectivity index (χ2n) is 4.54. The van der Waals surface area contributed by atoms with Gasteiger partial charge in [-0.2, -0.15) is 0 Å². The molecule has 3 rings (SSSR count). The maximum atomic E-state index is 5.89. The molecule has 0 fully saturated rings. The third-order valence-electron chi connectivity index (χ3n) is 3.33. The third kappa shape index (κ3) is 2.34. The number of benzene rings is 1. The number of nitrogens with zero attached hydrogens (tertiary/aromatic N) is 2. The van der Waals surface area contributed by atoms with Crippen molar-refractivity contribution in [1.82, 2.24) is 4.57 Å². The van der Waals surface area contributed by atoms with Gasteiger partial charge in [-0.05, 0) is 42.7 Å². The van der Waals surface area contributed by atoms with Gasteiger partial charge in [-0.3, -0.25) is 4.99 Å². The van der Waals surface area contributed by atoms with Gasteiger partial charge in [0.15, 0.2) is 0 Å². The Kier molecular flexibility index (Phi) is 3.20. The van der Waals surface area contributed by atoms with E-state index in [4.69, 9.17) is 11.6 Å². The lowest BCUT2D eigenvalue weighted by atomic mass is 10.0. The van der Waals surface area contributed by atoms with E-state index >= 15 is 0 Å². The number of fused-ring (bicyclic) bond motifs is 1.